The Kier molecular flexibility index (Phi) is 17.9. The zero-order valence-corrected chi connectivity index (χ0v) is 18.1. The number of halogens is 3. The summed E-state index contributed by atoms with van der Waals surface area (Å²) in [4.78, 5) is 21.8. The molecule has 0 saturated carbocycles. The Labute approximate surface area is 174 Å². The van der Waals surface area contributed by atoms with E-state index in [2.05, 4.69) is 6.92 Å². The molecule has 0 aromatic carbocycles. The lowest BCUT2D eigenvalue weighted by atomic mass is 10.0. The highest BCUT2D eigenvalue weighted by atomic mass is 19.4. The van der Waals surface area contributed by atoms with Gasteiger partial charge in [-0.15, -0.1) is 0 Å². The highest BCUT2D eigenvalue weighted by molar-refractivity contribution is 5.85. The summed E-state index contributed by atoms with van der Waals surface area (Å²) in [5, 5.41) is 1.49. The van der Waals surface area contributed by atoms with Gasteiger partial charge in [0.05, 0.1) is 6.61 Å². The van der Waals surface area contributed by atoms with E-state index < -0.39 is 24.6 Å². The van der Waals surface area contributed by atoms with Crippen LogP contribution in [-0.2, 0) is 14.3 Å². The van der Waals surface area contributed by atoms with Gasteiger partial charge < -0.3 is 10.1 Å². The van der Waals surface area contributed by atoms with Crippen LogP contribution in [0.3, 0.4) is 0 Å². The molecule has 7 heteroatoms. The first kappa shape index (κ1) is 27.7. The van der Waals surface area contributed by atoms with Gasteiger partial charge in [0.1, 0.15) is 6.54 Å². The number of esters is 1. The van der Waals surface area contributed by atoms with Crippen molar-refractivity contribution in [2.75, 3.05) is 13.2 Å². The number of ether oxygens (including phenoxy) is 1. The number of unbranched alkanes of at least 4 members (excludes halogenated alkanes) is 15. The predicted molar refractivity (Wildman–Crippen MR) is 110 cm³/mol. The second-order valence-corrected chi connectivity index (χ2v) is 7.70. The van der Waals surface area contributed by atoms with Crippen molar-refractivity contribution in [1.29, 1.82) is 0 Å². The maximum Gasteiger partial charge on any atom is 0.471 e. The molecule has 1 N–H and O–H groups in total. The molecule has 0 atom stereocenters. The third-order valence-electron chi connectivity index (χ3n) is 4.91. The fourth-order valence-electron chi connectivity index (χ4n) is 3.14. The summed E-state index contributed by atoms with van der Waals surface area (Å²) in [6.45, 7) is 1.67. The van der Waals surface area contributed by atoms with Crippen LogP contribution >= 0.6 is 0 Å². The van der Waals surface area contributed by atoms with Crippen molar-refractivity contribution in [3.8, 4) is 0 Å². The van der Waals surface area contributed by atoms with Crippen LogP contribution in [0.4, 0.5) is 13.2 Å². The average molecular weight is 424 g/mol. The normalized spacial score (nSPS) is 11.4. The maximum atomic E-state index is 12.0. The largest absolute Gasteiger partial charge is 0.471 e. The van der Waals surface area contributed by atoms with Crippen LogP contribution in [0.5, 0.6) is 0 Å². The van der Waals surface area contributed by atoms with Gasteiger partial charge in [0.15, 0.2) is 0 Å². The van der Waals surface area contributed by atoms with Crippen LogP contribution in [0.25, 0.3) is 0 Å². The van der Waals surface area contributed by atoms with Crippen molar-refractivity contribution in [2.24, 2.45) is 0 Å². The molecule has 0 saturated heterocycles. The summed E-state index contributed by atoms with van der Waals surface area (Å²) in [6, 6.07) is 0. The highest BCUT2D eigenvalue weighted by Gasteiger charge is 2.38. The number of amides is 1. The van der Waals surface area contributed by atoms with Gasteiger partial charge in [-0.05, 0) is 6.42 Å². The Morgan fingerprint density at radius 2 is 1.07 bits per heavy atom. The topological polar surface area (TPSA) is 55.4 Å². The standard InChI is InChI=1S/C22H40F3NO3/c1-2-3-4-5-6-7-8-9-10-11-12-13-14-15-16-17-18-29-20(27)19-26-21(28)22(23,24)25/h2-19H2,1H3,(H,26,28). The highest BCUT2D eigenvalue weighted by Crippen LogP contribution is 2.14. The van der Waals surface area contributed by atoms with Gasteiger partial charge in [-0.25, -0.2) is 0 Å². The van der Waals surface area contributed by atoms with Crippen LogP contribution in [-0.4, -0.2) is 31.2 Å². The first-order chi connectivity index (χ1) is 13.9. The number of carbonyl (C=O) groups excluding carboxylic acids is 2. The molecular formula is C22H40F3NO3. The van der Waals surface area contributed by atoms with E-state index in [0.717, 1.165) is 19.3 Å². The van der Waals surface area contributed by atoms with Crippen molar-refractivity contribution in [3.63, 3.8) is 0 Å². The third kappa shape index (κ3) is 19.8. The minimum Gasteiger partial charge on any atom is -0.464 e. The van der Waals surface area contributed by atoms with Gasteiger partial charge in [0.2, 0.25) is 0 Å². The molecule has 0 aliphatic heterocycles. The zero-order chi connectivity index (χ0) is 21.8. The van der Waals surface area contributed by atoms with Gasteiger partial charge in [-0.3, -0.25) is 9.59 Å². The summed E-state index contributed by atoms with van der Waals surface area (Å²) < 4.78 is 40.7. The van der Waals surface area contributed by atoms with Crippen molar-refractivity contribution in [2.45, 2.75) is 116 Å². The first-order valence-corrected chi connectivity index (χ1v) is 11.4. The fraction of sp³-hybridized carbons (Fsp3) is 0.909. The van der Waals surface area contributed by atoms with Gasteiger partial charge in [0.25, 0.3) is 0 Å². The van der Waals surface area contributed by atoms with E-state index in [0.29, 0.717) is 6.42 Å². The van der Waals surface area contributed by atoms with Crippen LogP contribution < -0.4 is 5.32 Å². The quantitative estimate of drug-likeness (QED) is 0.191. The van der Waals surface area contributed by atoms with E-state index in [1.807, 2.05) is 0 Å². The van der Waals surface area contributed by atoms with E-state index in [-0.39, 0.29) is 6.61 Å². The SMILES string of the molecule is CCCCCCCCCCCCCCCCCCOC(=O)CNC(=O)C(F)(F)F. The summed E-state index contributed by atoms with van der Waals surface area (Å²) >= 11 is 0. The lowest BCUT2D eigenvalue weighted by Crippen LogP contribution is -2.40. The molecule has 0 radical (unpaired) electrons. The molecule has 0 heterocycles. The molecule has 0 aromatic rings. The van der Waals surface area contributed by atoms with E-state index in [1.165, 1.54) is 82.4 Å². The van der Waals surface area contributed by atoms with E-state index in [1.54, 1.807) is 0 Å². The predicted octanol–water partition coefficient (Wildman–Crippen LogP) is 6.47. The molecule has 4 nitrogen and oxygen atoms in total. The molecule has 29 heavy (non-hydrogen) atoms. The Morgan fingerprint density at radius 1 is 0.690 bits per heavy atom. The van der Waals surface area contributed by atoms with E-state index in [4.69, 9.17) is 4.74 Å². The van der Waals surface area contributed by atoms with Crippen LogP contribution in [0.15, 0.2) is 0 Å². The summed E-state index contributed by atoms with van der Waals surface area (Å²) in [5.74, 6) is -2.97. The minimum absolute atomic E-state index is 0.180. The molecule has 0 rings (SSSR count). The van der Waals surface area contributed by atoms with Crippen LogP contribution in [0.1, 0.15) is 110 Å². The Balaban J connectivity index is 3.24. The van der Waals surface area contributed by atoms with Crippen molar-refractivity contribution in [1.82, 2.24) is 5.32 Å². The average Bonchev–Trinajstić information content (AvgIpc) is 2.67. The molecule has 1 amide bonds. The third-order valence-corrected chi connectivity index (χ3v) is 4.91. The second-order valence-electron chi connectivity index (χ2n) is 7.70. The molecule has 0 spiro atoms. The molecule has 0 unspecified atom stereocenters. The van der Waals surface area contributed by atoms with E-state index in [9.17, 15) is 22.8 Å². The Hall–Kier alpha value is -1.27. The monoisotopic (exact) mass is 423 g/mol. The van der Waals surface area contributed by atoms with Gasteiger partial charge in [-0.2, -0.15) is 13.2 Å². The summed E-state index contributed by atoms with van der Waals surface area (Å²) in [5.41, 5.74) is 0. The van der Waals surface area contributed by atoms with Gasteiger partial charge in [0, 0.05) is 0 Å². The minimum atomic E-state index is -4.98. The fourth-order valence-corrected chi connectivity index (χ4v) is 3.14. The number of hydrogen-bond acceptors (Lipinski definition) is 3. The Morgan fingerprint density at radius 3 is 1.45 bits per heavy atom. The summed E-state index contributed by atoms with van der Waals surface area (Å²) in [7, 11) is 0. The van der Waals surface area contributed by atoms with Crippen LogP contribution in [0, 0.1) is 0 Å². The smallest absolute Gasteiger partial charge is 0.464 e. The number of hydrogen-bond donors (Lipinski definition) is 1. The number of nitrogens with one attached hydrogen (secondary N) is 1. The zero-order valence-electron chi connectivity index (χ0n) is 18.1. The molecule has 0 aromatic heterocycles. The number of alkyl halides is 3. The molecule has 172 valence electrons. The Bertz CT molecular complexity index is 415. The van der Waals surface area contributed by atoms with Crippen LogP contribution in [0.2, 0.25) is 0 Å². The van der Waals surface area contributed by atoms with E-state index >= 15 is 0 Å². The second kappa shape index (κ2) is 18.7. The number of rotatable bonds is 19. The van der Waals surface area contributed by atoms with Gasteiger partial charge in [-0.1, -0.05) is 103 Å². The number of carbonyl (C=O) groups is 2. The molecule has 0 aliphatic carbocycles. The first-order valence-electron chi connectivity index (χ1n) is 11.4. The molecular weight excluding hydrogens is 383 g/mol. The molecule has 0 bridgehead atoms. The molecule has 0 fully saturated rings. The lowest BCUT2D eigenvalue weighted by Gasteiger charge is -2.08. The van der Waals surface area contributed by atoms with Crippen molar-refractivity contribution >= 4 is 11.9 Å². The maximum absolute atomic E-state index is 12.0. The van der Waals surface area contributed by atoms with Gasteiger partial charge >= 0.3 is 18.1 Å². The lowest BCUT2D eigenvalue weighted by molar-refractivity contribution is -0.174. The molecule has 0 aliphatic rings. The van der Waals surface area contributed by atoms with Crippen molar-refractivity contribution in [3.05, 3.63) is 0 Å². The summed E-state index contributed by atoms with van der Waals surface area (Å²) in [6.07, 6.45) is 14.9. The van der Waals surface area contributed by atoms with Crippen molar-refractivity contribution < 1.29 is 27.5 Å².